The summed E-state index contributed by atoms with van der Waals surface area (Å²) in [5, 5.41) is 1.02. The standard InChI is InChI=1S/C19H21NO5S/c1-15-3-5-16(6-4-15)11-12-26(22,23)20-13-19(21)25-14-17-7-9-18(24-2)10-8-17/h3-12,20H,13-14H2,1-2H3/b12-11+. The fourth-order valence-corrected chi connectivity index (χ4v) is 2.74. The third-order valence-electron chi connectivity index (χ3n) is 3.49. The molecule has 0 unspecified atom stereocenters. The second kappa shape index (κ2) is 9.17. The number of hydrogen-bond donors (Lipinski definition) is 1. The molecule has 2 aromatic rings. The van der Waals surface area contributed by atoms with Gasteiger partial charge < -0.3 is 9.47 Å². The molecule has 0 spiro atoms. The van der Waals surface area contributed by atoms with Crippen molar-refractivity contribution in [3.63, 3.8) is 0 Å². The second-order valence-electron chi connectivity index (χ2n) is 5.59. The Morgan fingerprint density at radius 2 is 1.73 bits per heavy atom. The molecule has 0 radical (unpaired) electrons. The number of rotatable bonds is 8. The maximum atomic E-state index is 11.9. The molecular formula is C19H21NO5S. The quantitative estimate of drug-likeness (QED) is 0.718. The van der Waals surface area contributed by atoms with Gasteiger partial charge >= 0.3 is 5.97 Å². The molecule has 0 atom stereocenters. The lowest BCUT2D eigenvalue weighted by molar-refractivity contribution is -0.143. The first-order chi connectivity index (χ1) is 12.4. The van der Waals surface area contributed by atoms with Crippen molar-refractivity contribution in [2.75, 3.05) is 13.7 Å². The van der Waals surface area contributed by atoms with Gasteiger partial charge in [0.2, 0.25) is 10.0 Å². The zero-order valence-electron chi connectivity index (χ0n) is 14.6. The molecule has 0 saturated carbocycles. The molecule has 0 aliphatic rings. The van der Waals surface area contributed by atoms with Crippen molar-refractivity contribution in [1.29, 1.82) is 0 Å². The fourth-order valence-electron chi connectivity index (χ4n) is 1.99. The molecule has 1 N–H and O–H groups in total. The Morgan fingerprint density at radius 3 is 2.35 bits per heavy atom. The minimum absolute atomic E-state index is 0.0593. The summed E-state index contributed by atoms with van der Waals surface area (Å²) in [6.07, 6.45) is 1.46. The molecule has 6 nitrogen and oxygen atoms in total. The van der Waals surface area contributed by atoms with Gasteiger partial charge in [0.25, 0.3) is 0 Å². The lowest BCUT2D eigenvalue weighted by Crippen LogP contribution is -2.29. The number of methoxy groups -OCH3 is 1. The van der Waals surface area contributed by atoms with E-state index in [1.165, 1.54) is 6.08 Å². The van der Waals surface area contributed by atoms with Crippen LogP contribution in [0.25, 0.3) is 6.08 Å². The minimum atomic E-state index is -3.72. The number of sulfonamides is 1. The number of ether oxygens (including phenoxy) is 2. The van der Waals surface area contributed by atoms with Crippen LogP contribution >= 0.6 is 0 Å². The maximum Gasteiger partial charge on any atom is 0.321 e. The van der Waals surface area contributed by atoms with E-state index in [9.17, 15) is 13.2 Å². The van der Waals surface area contributed by atoms with Crippen LogP contribution in [0.15, 0.2) is 53.9 Å². The first-order valence-corrected chi connectivity index (χ1v) is 9.45. The summed E-state index contributed by atoms with van der Waals surface area (Å²) >= 11 is 0. The number of hydrogen-bond acceptors (Lipinski definition) is 5. The van der Waals surface area contributed by atoms with Gasteiger partial charge in [-0.05, 0) is 36.3 Å². The van der Waals surface area contributed by atoms with Crippen molar-refractivity contribution >= 4 is 22.1 Å². The van der Waals surface area contributed by atoms with Crippen molar-refractivity contribution in [2.45, 2.75) is 13.5 Å². The molecule has 0 aliphatic heterocycles. The van der Waals surface area contributed by atoms with Gasteiger partial charge in [-0.25, -0.2) is 13.1 Å². The zero-order chi connectivity index (χ0) is 19.0. The van der Waals surface area contributed by atoms with Gasteiger partial charge in [0.15, 0.2) is 0 Å². The molecule has 7 heteroatoms. The van der Waals surface area contributed by atoms with Gasteiger partial charge in [-0.2, -0.15) is 0 Å². The van der Waals surface area contributed by atoms with Crippen molar-refractivity contribution in [2.24, 2.45) is 0 Å². The second-order valence-corrected chi connectivity index (χ2v) is 7.24. The van der Waals surface area contributed by atoms with E-state index >= 15 is 0 Å². The van der Waals surface area contributed by atoms with Gasteiger partial charge in [-0.15, -0.1) is 0 Å². The van der Waals surface area contributed by atoms with E-state index in [1.54, 1.807) is 31.4 Å². The monoisotopic (exact) mass is 375 g/mol. The highest BCUT2D eigenvalue weighted by Crippen LogP contribution is 2.12. The maximum absolute atomic E-state index is 11.9. The van der Waals surface area contributed by atoms with E-state index in [-0.39, 0.29) is 6.61 Å². The van der Waals surface area contributed by atoms with Crippen LogP contribution in [0.5, 0.6) is 5.75 Å². The van der Waals surface area contributed by atoms with E-state index in [4.69, 9.17) is 9.47 Å². The van der Waals surface area contributed by atoms with Crippen molar-refractivity contribution < 1.29 is 22.7 Å². The number of aryl methyl sites for hydroxylation is 1. The Hall–Kier alpha value is -2.64. The highest BCUT2D eigenvalue weighted by atomic mass is 32.2. The average molecular weight is 375 g/mol. The van der Waals surface area contributed by atoms with Crippen LogP contribution in [0.3, 0.4) is 0 Å². The van der Waals surface area contributed by atoms with Crippen LogP contribution in [-0.4, -0.2) is 28.0 Å². The fraction of sp³-hybridized carbons (Fsp3) is 0.211. The van der Waals surface area contributed by atoms with Gasteiger partial charge in [-0.1, -0.05) is 42.0 Å². The van der Waals surface area contributed by atoms with Crippen LogP contribution in [0.2, 0.25) is 0 Å². The third kappa shape index (κ3) is 6.70. The topological polar surface area (TPSA) is 81.7 Å². The highest BCUT2D eigenvalue weighted by Gasteiger charge is 2.10. The van der Waals surface area contributed by atoms with Crippen LogP contribution in [-0.2, 0) is 26.2 Å². The molecule has 0 aromatic heterocycles. The van der Waals surface area contributed by atoms with E-state index in [1.807, 2.05) is 31.2 Å². The Kier molecular flexibility index (Phi) is 6.94. The van der Waals surface area contributed by atoms with Crippen LogP contribution in [0.4, 0.5) is 0 Å². The number of benzene rings is 2. The molecule has 2 aromatic carbocycles. The summed E-state index contributed by atoms with van der Waals surface area (Å²) in [4.78, 5) is 11.7. The molecule has 0 saturated heterocycles. The molecule has 0 fully saturated rings. The van der Waals surface area contributed by atoms with Gasteiger partial charge in [0.05, 0.1) is 7.11 Å². The van der Waals surface area contributed by atoms with Crippen LogP contribution in [0, 0.1) is 6.92 Å². The molecule has 0 bridgehead atoms. The van der Waals surface area contributed by atoms with Crippen LogP contribution in [0.1, 0.15) is 16.7 Å². The molecule has 0 aliphatic carbocycles. The summed E-state index contributed by atoms with van der Waals surface area (Å²) < 4.78 is 36.1. The summed E-state index contributed by atoms with van der Waals surface area (Å²) in [6, 6.07) is 14.4. The normalized spacial score (nSPS) is 11.5. The predicted octanol–water partition coefficient (Wildman–Crippen LogP) is 2.64. The largest absolute Gasteiger partial charge is 0.497 e. The van der Waals surface area contributed by atoms with E-state index in [2.05, 4.69) is 4.72 Å². The molecule has 138 valence electrons. The highest BCUT2D eigenvalue weighted by molar-refractivity contribution is 7.92. The predicted molar refractivity (Wildman–Crippen MR) is 99.9 cm³/mol. The lowest BCUT2D eigenvalue weighted by Gasteiger charge is -2.06. The smallest absolute Gasteiger partial charge is 0.321 e. The van der Waals surface area contributed by atoms with Crippen molar-refractivity contribution in [1.82, 2.24) is 4.72 Å². The Balaban J connectivity index is 1.80. The third-order valence-corrected chi connectivity index (χ3v) is 4.53. The molecule has 26 heavy (non-hydrogen) atoms. The molecule has 0 heterocycles. The number of nitrogens with one attached hydrogen (secondary N) is 1. The minimum Gasteiger partial charge on any atom is -0.497 e. The van der Waals surface area contributed by atoms with E-state index in [0.717, 1.165) is 22.1 Å². The van der Waals surface area contributed by atoms with E-state index < -0.39 is 22.5 Å². The first-order valence-electron chi connectivity index (χ1n) is 7.91. The van der Waals surface area contributed by atoms with Gasteiger partial charge in [0.1, 0.15) is 18.9 Å². The van der Waals surface area contributed by atoms with Crippen molar-refractivity contribution in [3.8, 4) is 5.75 Å². The summed E-state index contributed by atoms with van der Waals surface area (Å²) in [5.74, 6) is 0.0429. The number of esters is 1. The van der Waals surface area contributed by atoms with Crippen molar-refractivity contribution in [3.05, 3.63) is 70.6 Å². The van der Waals surface area contributed by atoms with E-state index in [0.29, 0.717) is 5.75 Å². The summed E-state index contributed by atoms with van der Waals surface area (Å²) in [5.41, 5.74) is 2.62. The Bertz CT molecular complexity index is 856. The molecule has 2 rings (SSSR count). The number of carbonyl (C=O) groups excluding carboxylic acids is 1. The number of carbonyl (C=O) groups is 1. The first kappa shape index (κ1) is 19.7. The average Bonchev–Trinajstić information content (AvgIpc) is 2.65. The summed E-state index contributed by atoms with van der Waals surface area (Å²) in [6.45, 7) is 1.57. The SMILES string of the molecule is COc1ccc(COC(=O)CNS(=O)(=O)/C=C/c2ccc(C)cc2)cc1. The zero-order valence-corrected chi connectivity index (χ0v) is 15.5. The van der Waals surface area contributed by atoms with Crippen LogP contribution < -0.4 is 9.46 Å². The lowest BCUT2D eigenvalue weighted by atomic mass is 10.2. The Morgan fingerprint density at radius 1 is 1.08 bits per heavy atom. The van der Waals surface area contributed by atoms with Gasteiger partial charge in [0, 0.05) is 5.41 Å². The van der Waals surface area contributed by atoms with Gasteiger partial charge in [-0.3, -0.25) is 4.79 Å². The Labute approximate surface area is 153 Å². The molecule has 0 amide bonds. The molecular weight excluding hydrogens is 354 g/mol. The summed E-state index contributed by atoms with van der Waals surface area (Å²) in [7, 11) is -2.16.